The van der Waals surface area contributed by atoms with E-state index in [0.717, 1.165) is 4.90 Å². The molecule has 0 radical (unpaired) electrons. The zero-order valence-electron chi connectivity index (χ0n) is 16.4. The van der Waals surface area contributed by atoms with Crippen LogP contribution in [0.1, 0.15) is 40.1 Å². The van der Waals surface area contributed by atoms with Gasteiger partial charge in [0.15, 0.2) is 6.61 Å². The van der Waals surface area contributed by atoms with Crippen LogP contribution in [-0.4, -0.2) is 41.2 Å². The van der Waals surface area contributed by atoms with Crippen LogP contribution < -0.4 is 5.32 Å². The Labute approximate surface area is 173 Å². The van der Waals surface area contributed by atoms with Crippen LogP contribution in [-0.2, 0) is 14.3 Å². The van der Waals surface area contributed by atoms with Gasteiger partial charge in [-0.25, -0.2) is 4.79 Å². The minimum Gasteiger partial charge on any atom is -0.454 e. The van der Waals surface area contributed by atoms with Crippen molar-refractivity contribution < 1.29 is 23.9 Å². The Kier molecular flexibility index (Phi) is 5.93. The maximum atomic E-state index is 12.7. The molecular weight excluding hydrogens is 386 g/mol. The molecule has 0 unspecified atom stereocenters. The predicted molar refractivity (Wildman–Crippen MR) is 106 cm³/mol. The highest BCUT2D eigenvalue weighted by Crippen LogP contribution is 2.27. The molecule has 1 aliphatic rings. The van der Waals surface area contributed by atoms with Gasteiger partial charge >= 0.3 is 5.97 Å². The van der Waals surface area contributed by atoms with Gasteiger partial charge in [0.05, 0.1) is 22.4 Å². The maximum Gasteiger partial charge on any atom is 0.330 e. The second-order valence-corrected chi connectivity index (χ2v) is 7.03. The molecule has 0 aromatic heterocycles. The van der Waals surface area contributed by atoms with E-state index >= 15 is 0 Å². The molecule has 152 valence electrons. The summed E-state index contributed by atoms with van der Waals surface area (Å²) in [6.07, 6.45) is 0. The number of imide groups is 1. The van der Waals surface area contributed by atoms with Crippen molar-refractivity contribution in [3.8, 4) is 6.07 Å². The first-order valence-electron chi connectivity index (χ1n) is 9.27. The molecular formula is C22H19N3O5. The minimum atomic E-state index is -1.17. The second-order valence-electron chi connectivity index (χ2n) is 7.03. The Morgan fingerprint density at radius 3 is 2.17 bits per heavy atom. The number of hydrogen-bond acceptors (Lipinski definition) is 6. The number of nitrogens with one attached hydrogen (secondary N) is 1. The lowest BCUT2D eigenvalue weighted by Gasteiger charge is -2.27. The third kappa shape index (κ3) is 3.91. The monoisotopic (exact) mass is 405 g/mol. The summed E-state index contributed by atoms with van der Waals surface area (Å²) in [6, 6.07) is 13.5. The Bertz CT molecular complexity index is 1040. The molecule has 0 aliphatic carbocycles. The molecule has 2 aromatic carbocycles. The molecule has 0 saturated heterocycles. The molecule has 1 atom stereocenters. The average molecular weight is 405 g/mol. The quantitative estimate of drug-likeness (QED) is 0.582. The molecule has 2 aromatic rings. The van der Waals surface area contributed by atoms with Crippen LogP contribution >= 0.6 is 0 Å². The highest BCUT2D eigenvalue weighted by molar-refractivity contribution is 6.22. The first kappa shape index (κ1) is 20.7. The van der Waals surface area contributed by atoms with Crippen molar-refractivity contribution in [1.29, 1.82) is 5.26 Å². The van der Waals surface area contributed by atoms with Gasteiger partial charge in [-0.1, -0.05) is 38.1 Å². The van der Waals surface area contributed by atoms with Crippen molar-refractivity contribution in [2.75, 3.05) is 11.9 Å². The lowest BCUT2D eigenvalue weighted by molar-refractivity contribution is -0.152. The van der Waals surface area contributed by atoms with Crippen LogP contribution in [0.15, 0.2) is 48.5 Å². The minimum absolute atomic E-state index is 0.229. The fraction of sp³-hybridized carbons (Fsp3) is 0.227. The van der Waals surface area contributed by atoms with Crippen molar-refractivity contribution in [3.05, 3.63) is 65.2 Å². The van der Waals surface area contributed by atoms with E-state index in [2.05, 4.69) is 5.32 Å². The number of ether oxygens (including phenoxy) is 1. The predicted octanol–water partition coefficient (Wildman–Crippen LogP) is 2.36. The smallest absolute Gasteiger partial charge is 0.330 e. The van der Waals surface area contributed by atoms with Crippen molar-refractivity contribution in [2.24, 2.45) is 5.92 Å². The Morgan fingerprint density at radius 1 is 1.03 bits per heavy atom. The van der Waals surface area contributed by atoms with Crippen LogP contribution in [0.5, 0.6) is 0 Å². The number of carbonyl (C=O) groups excluding carboxylic acids is 4. The molecule has 0 saturated carbocycles. The SMILES string of the molecule is CC(C)[C@H](C(=O)OCC(=O)Nc1ccccc1C#N)N1C(=O)c2ccccc2C1=O. The topological polar surface area (TPSA) is 117 Å². The van der Waals surface area contributed by atoms with Gasteiger partial charge in [-0.2, -0.15) is 5.26 Å². The number of amides is 3. The molecule has 8 heteroatoms. The van der Waals surface area contributed by atoms with Crippen LogP contribution in [0, 0.1) is 17.2 Å². The van der Waals surface area contributed by atoms with Crippen LogP contribution in [0.4, 0.5) is 5.69 Å². The number of nitrogens with zero attached hydrogens (tertiary/aromatic N) is 2. The lowest BCUT2D eigenvalue weighted by Crippen LogP contribution is -2.49. The standard InChI is InChI=1S/C22H19N3O5/c1-13(2)19(25-20(27)15-8-4-5-9-16(15)21(25)28)22(29)30-12-18(26)24-17-10-6-3-7-14(17)11-23/h3-10,13,19H,12H2,1-2H3,(H,24,26)/t19-/m1/s1. The molecule has 8 nitrogen and oxygen atoms in total. The summed E-state index contributed by atoms with van der Waals surface area (Å²) < 4.78 is 5.10. The number of fused-ring (bicyclic) bond motifs is 1. The summed E-state index contributed by atoms with van der Waals surface area (Å²) in [4.78, 5) is 51.1. The van der Waals surface area contributed by atoms with E-state index in [0.29, 0.717) is 5.69 Å². The summed E-state index contributed by atoms with van der Waals surface area (Å²) in [7, 11) is 0. The molecule has 1 heterocycles. The fourth-order valence-electron chi connectivity index (χ4n) is 3.23. The summed E-state index contributed by atoms with van der Waals surface area (Å²) >= 11 is 0. The van der Waals surface area contributed by atoms with E-state index in [1.165, 1.54) is 12.1 Å². The van der Waals surface area contributed by atoms with Gasteiger partial charge < -0.3 is 10.1 Å². The largest absolute Gasteiger partial charge is 0.454 e. The van der Waals surface area contributed by atoms with E-state index in [1.54, 1.807) is 50.2 Å². The summed E-state index contributed by atoms with van der Waals surface area (Å²) in [5, 5.41) is 11.6. The Balaban J connectivity index is 1.70. The van der Waals surface area contributed by atoms with E-state index in [1.807, 2.05) is 6.07 Å². The molecule has 1 aliphatic heterocycles. The van der Waals surface area contributed by atoms with Gasteiger partial charge in [-0.3, -0.25) is 19.3 Å². The van der Waals surface area contributed by atoms with E-state index in [-0.39, 0.29) is 16.7 Å². The number of nitriles is 1. The summed E-state index contributed by atoms with van der Waals surface area (Å²) in [6.45, 7) is 2.74. The highest BCUT2D eigenvalue weighted by Gasteiger charge is 2.44. The van der Waals surface area contributed by atoms with E-state index < -0.39 is 42.3 Å². The summed E-state index contributed by atoms with van der Waals surface area (Å²) in [5.74, 6) is -3.07. The van der Waals surface area contributed by atoms with Gasteiger partial charge in [0, 0.05) is 0 Å². The van der Waals surface area contributed by atoms with E-state index in [9.17, 15) is 19.2 Å². The van der Waals surface area contributed by atoms with Gasteiger partial charge in [-0.15, -0.1) is 0 Å². The van der Waals surface area contributed by atoms with Gasteiger partial charge in [-0.05, 0) is 30.2 Å². The fourth-order valence-corrected chi connectivity index (χ4v) is 3.23. The highest BCUT2D eigenvalue weighted by atomic mass is 16.5. The molecule has 0 bridgehead atoms. The number of esters is 1. The Morgan fingerprint density at radius 2 is 1.60 bits per heavy atom. The first-order chi connectivity index (χ1) is 14.3. The number of para-hydroxylation sites is 1. The molecule has 30 heavy (non-hydrogen) atoms. The zero-order chi connectivity index (χ0) is 21.8. The number of hydrogen-bond donors (Lipinski definition) is 1. The molecule has 3 amide bonds. The Hall–Kier alpha value is -3.99. The van der Waals surface area contributed by atoms with Gasteiger partial charge in [0.1, 0.15) is 12.1 Å². The number of benzene rings is 2. The first-order valence-corrected chi connectivity index (χ1v) is 9.27. The maximum absolute atomic E-state index is 12.7. The second kappa shape index (κ2) is 8.57. The number of rotatable bonds is 6. The summed E-state index contributed by atoms with van der Waals surface area (Å²) in [5.41, 5.74) is 1.02. The number of anilines is 1. The van der Waals surface area contributed by atoms with Gasteiger partial charge in [0.25, 0.3) is 17.7 Å². The van der Waals surface area contributed by atoms with Crippen molar-refractivity contribution in [3.63, 3.8) is 0 Å². The van der Waals surface area contributed by atoms with E-state index in [4.69, 9.17) is 10.00 Å². The van der Waals surface area contributed by atoms with Crippen molar-refractivity contribution in [1.82, 2.24) is 4.90 Å². The van der Waals surface area contributed by atoms with Crippen LogP contribution in [0.25, 0.3) is 0 Å². The number of carbonyl (C=O) groups is 4. The van der Waals surface area contributed by atoms with Crippen molar-refractivity contribution in [2.45, 2.75) is 19.9 Å². The average Bonchev–Trinajstić information content (AvgIpc) is 2.98. The molecule has 1 N–H and O–H groups in total. The third-order valence-electron chi connectivity index (χ3n) is 4.64. The lowest BCUT2D eigenvalue weighted by atomic mass is 10.0. The molecule has 3 rings (SSSR count). The van der Waals surface area contributed by atoms with Crippen LogP contribution in [0.3, 0.4) is 0 Å². The van der Waals surface area contributed by atoms with Crippen LogP contribution in [0.2, 0.25) is 0 Å². The zero-order valence-corrected chi connectivity index (χ0v) is 16.4. The molecule has 0 spiro atoms. The normalized spacial score (nSPS) is 13.6. The third-order valence-corrected chi connectivity index (χ3v) is 4.64. The molecule has 0 fully saturated rings. The van der Waals surface area contributed by atoms with Gasteiger partial charge in [0.2, 0.25) is 0 Å². The van der Waals surface area contributed by atoms with Crippen molar-refractivity contribution >= 4 is 29.4 Å².